The predicted molar refractivity (Wildman–Crippen MR) is 133 cm³/mol. The van der Waals surface area contributed by atoms with Gasteiger partial charge in [0.2, 0.25) is 11.8 Å². The molecule has 0 bridgehead atoms. The van der Waals surface area contributed by atoms with E-state index in [1.807, 2.05) is 52.8 Å². The van der Waals surface area contributed by atoms with Crippen molar-refractivity contribution < 1.29 is 24.2 Å². The van der Waals surface area contributed by atoms with Crippen LogP contribution in [0.4, 0.5) is 4.79 Å². The van der Waals surface area contributed by atoms with Crippen molar-refractivity contribution >= 4 is 17.9 Å². The molecule has 8 heteroatoms. The molecule has 0 aliphatic carbocycles. The molecule has 3 atom stereocenters. The number of unbranched alkanes of at least 4 members (excludes halogenated alkanes) is 1. The van der Waals surface area contributed by atoms with Gasteiger partial charge in [0.05, 0.1) is 6.61 Å². The van der Waals surface area contributed by atoms with Crippen LogP contribution in [0.5, 0.6) is 0 Å². The van der Waals surface area contributed by atoms with Crippen molar-refractivity contribution in [3.05, 3.63) is 34.9 Å². The normalized spacial score (nSPS) is 14.0. The maximum atomic E-state index is 13.7. The fourth-order valence-electron chi connectivity index (χ4n) is 3.57. The Morgan fingerprint density at radius 2 is 1.79 bits per heavy atom. The van der Waals surface area contributed by atoms with Gasteiger partial charge in [0, 0.05) is 12.6 Å². The minimum atomic E-state index is -1.25. The quantitative estimate of drug-likeness (QED) is 0.421. The van der Waals surface area contributed by atoms with Crippen LogP contribution in [-0.4, -0.2) is 58.8 Å². The Hall–Kier alpha value is -2.61. The van der Waals surface area contributed by atoms with Crippen LogP contribution in [0.15, 0.2) is 18.2 Å². The number of aliphatic hydroxyl groups excluding tert-OH is 1. The van der Waals surface area contributed by atoms with Crippen molar-refractivity contribution in [3.63, 3.8) is 0 Å². The average molecular weight is 478 g/mol. The first-order valence-electron chi connectivity index (χ1n) is 12.1. The highest BCUT2D eigenvalue weighted by Gasteiger charge is 2.38. The summed E-state index contributed by atoms with van der Waals surface area (Å²) in [5.41, 5.74) is 1.80. The van der Waals surface area contributed by atoms with E-state index in [1.165, 1.54) is 4.90 Å². The zero-order valence-corrected chi connectivity index (χ0v) is 22.0. The molecule has 0 aliphatic heterocycles. The van der Waals surface area contributed by atoms with Crippen LogP contribution < -0.4 is 10.6 Å². The summed E-state index contributed by atoms with van der Waals surface area (Å²) in [6, 6.07) is 3.31. The van der Waals surface area contributed by atoms with E-state index in [4.69, 9.17) is 4.74 Å². The number of alkyl carbamates (subject to hydrolysis) is 1. The van der Waals surface area contributed by atoms with Crippen molar-refractivity contribution in [2.24, 2.45) is 0 Å². The molecule has 0 fully saturated rings. The summed E-state index contributed by atoms with van der Waals surface area (Å²) in [7, 11) is 0. The smallest absolute Gasteiger partial charge is 0.408 e. The zero-order valence-electron chi connectivity index (χ0n) is 22.0. The third-order valence-corrected chi connectivity index (χ3v) is 5.58. The zero-order chi connectivity index (χ0) is 26.1. The first-order chi connectivity index (χ1) is 15.9. The lowest BCUT2D eigenvalue weighted by atomic mass is 9.94. The van der Waals surface area contributed by atoms with Gasteiger partial charge in [-0.3, -0.25) is 9.59 Å². The molecule has 0 radical (unpaired) electrons. The van der Waals surface area contributed by atoms with Crippen molar-refractivity contribution in [3.8, 4) is 0 Å². The molecular weight excluding hydrogens is 434 g/mol. The van der Waals surface area contributed by atoms with Gasteiger partial charge in [-0.1, -0.05) is 44.0 Å². The molecular formula is C26H43N3O5. The SMILES string of the molecule is CCCCNC(=O)C(c1cc(C)ccc1C)N(C(=O)C(CO)NC(=O)OC(C)(C)C)C(C)CC. The van der Waals surface area contributed by atoms with Gasteiger partial charge in [0.25, 0.3) is 0 Å². The lowest BCUT2D eigenvalue weighted by molar-refractivity contribution is -0.145. The van der Waals surface area contributed by atoms with Gasteiger partial charge in [-0.25, -0.2) is 4.79 Å². The fraction of sp³-hybridized carbons (Fsp3) is 0.654. The molecule has 0 saturated heterocycles. The third kappa shape index (κ3) is 8.63. The largest absolute Gasteiger partial charge is 0.444 e. The number of rotatable bonds is 11. The number of hydrogen-bond acceptors (Lipinski definition) is 5. The second-order valence-electron chi connectivity index (χ2n) is 9.79. The number of hydrogen-bond donors (Lipinski definition) is 3. The molecule has 34 heavy (non-hydrogen) atoms. The Balaban J connectivity index is 3.46. The van der Waals surface area contributed by atoms with E-state index in [9.17, 15) is 19.5 Å². The molecule has 0 aliphatic rings. The molecule has 3 N–H and O–H groups in total. The van der Waals surface area contributed by atoms with E-state index < -0.39 is 36.3 Å². The van der Waals surface area contributed by atoms with Crippen LogP contribution in [-0.2, 0) is 14.3 Å². The predicted octanol–water partition coefficient (Wildman–Crippen LogP) is 3.77. The maximum absolute atomic E-state index is 13.7. The number of nitrogens with zero attached hydrogens (tertiary/aromatic N) is 1. The second-order valence-corrected chi connectivity index (χ2v) is 9.79. The summed E-state index contributed by atoms with van der Waals surface area (Å²) in [6.45, 7) is 14.7. The standard InChI is InChI=1S/C26H43N3O5/c1-9-11-14-27-23(31)22(20-15-17(3)12-13-18(20)4)29(19(5)10-2)24(32)21(16-30)28-25(33)34-26(6,7)8/h12-13,15,19,21-22,30H,9-11,14,16H2,1-8H3,(H,27,31)(H,28,33). The molecule has 3 amide bonds. The Kier molecular flexibility index (Phi) is 11.5. The van der Waals surface area contributed by atoms with E-state index in [-0.39, 0.29) is 11.9 Å². The van der Waals surface area contributed by atoms with Crippen LogP contribution in [0.2, 0.25) is 0 Å². The van der Waals surface area contributed by atoms with Crippen LogP contribution >= 0.6 is 0 Å². The summed E-state index contributed by atoms with van der Waals surface area (Å²) < 4.78 is 5.27. The summed E-state index contributed by atoms with van der Waals surface area (Å²) in [5, 5.41) is 15.4. The van der Waals surface area contributed by atoms with Crippen molar-refractivity contribution in [2.75, 3.05) is 13.2 Å². The average Bonchev–Trinajstić information content (AvgIpc) is 2.75. The van der Waals surface area contributed by atoms with Crippen LogP contribution in [0.25, 0.3) is 0 Å². The van der Waals surface area contributed by atoms with Crippen molar-refractivity contribution in [1.82, 2.24) is 15.5 Å². The van der Waals surface area contributed by atoms with Crippen molar-refractivity contribution in [1.29, 1.82) is 0 Å². The summed E-state index contributed by atoms with van der Waals surface area (Å²) in [4.78, 5) is 41.1. The topological polar surface area (TPSA) is 108 Å². The van der Waals surface area contributed by atoms with E-state index >= 15 is 0 Å². The molecule has 1 rings (SSSR count). The number of benzene rings is 1. The van der Waals surface area contributed by atoms with Crippen LogP contribution in [0.1, 0.15) is 83.5 Å². The number of aliphatic hydroxyl groups is 1. The first-order valence-corrected chi connectivity index (χ1v) is 12.1. The molecule has 0 aromatic heterocycles. The summed E-state index contributed by atoms with van der Waals surface area (Å²) in [6.07, 6.45) is 1.52. The molecule has 0 heterocycles. The lowest BCUT2D eigenvalue weighted by Gasteiger charge is -2.38. The number of nitrogens with one attached hydrogen (secondary N) is 2. The Morgan fingerprint density at radius 1 is 1.15 bits per heavy atom. The fourth-order valence-corrected chi connectivity index (χ4v) is 3.57. The molecule has 3 unspecified atom stereocenters. The minimum absolute atomic E-state index is 0.287. The maximum Gasteiger partial charge on any atom is 0.408 e. The van der Waals surface area contributed by atoms with Gasteiger partial charge in [-0.2, -0.15) is 0 Å². The Bertz CT molecular complexity index is 834. The van der Waals surface area contributed by atoms with E-state index in [0.717, 1.165) is 29.5 Å². The van der Waals surface area contributed by atoms with Crippen LogP contribution in [0, 0.1) is 13.8 Å². The minimum Gasteiger partial charge on any atom is -0.444 e. The number of amides is 3. The molecule has 0 saturated carbocycles. The van der Waals surface area contributed by atoms with Gasteiger partial charge in [-0.15, -0.1) is 0 Å². The Morgan fingerprint density at radius 3 is 2.32 bits per heavy atom. The lowest BCUT2D eigenvalue weighted by Crippen LogP contribution is -2.56. The summed E-state index contributed by atoms with van der Waals surface area (Å²) >= 11 is 0. The number of aryl methyl sites for hydroxylation is 2. The Labute approximate surface area is 204 Å². The highest BCUT2D eigenvalue weighted by molar-refractivity contribution is 5.92. The van der Waals surface area contributed by atoms with E-state index in [2.05, 4.69) is 10.6 Å². The van der Waals surface area contributed by atoms with Gasteiger partial charge in [-0.05, 0) is 65.5 Å². The highest BCUT2D eigenvalue weighted by Crippen LogP contribution is 2.29. The molecule has 1 aromatic carbocycles. The van der Waals surface area contributed by atoms with Gasteiger partial charge >= 0.3 is 6.09 Å². The first kappa shape index (κ1) is 29.4. The number of carbonyl (C=O) groups is 3. The molecule has 192 valence electrons. The monoisotopic (exact) mass is 477 g/mol. The third-order valence-electron chi connectivity index (χ3n) is 5.58. The van der Waals surface area contributed by atoms with E-state index in [1.54, 1.807) is 20.8 Å². The van der Waals surface area contributed by atoms with Gasteiger partial charge in [0.15, 0.2) is 0 Å². The van der Waals surface area contributed by atoms with Gasteiger partial charge < -0.3 is 25.4 Å². The van der Waals surface area contributed by atoms with Crippen LogP contribution in [0.3, 0.4) is 0 Å². The van der Waals surface area contributed by atoms with Crippen molar-refractivity contribution in [2.45, 2.75) is 98.4 Å². The molecule has 8 nitrogen and oxygen atoms in total. The van der Waals surface area contributed by atoms with E-state index in [0.29, 0.717) is 13.0 Å². The highest BCUT2D eigenvalue weighted by atomic mass is 16.6. The second kappa shape index (κ2) is 13.3. The summed E-state index contributed by atoms with van der Waals surface area (Å²) in [5.74, 6) is -0.830. The van der Waals surface area contributed by atoms with Gasteiger partial charge in [0.1, 0.15) is 17.7 Å². The number of ether oxygens (including phenoxy) is 1. The molecule has 0 spiro atoms. The number of carbonyl (C=O) groups excluding carboxylic acids is 3. The molecule has 1 aromatic rings.